The first-order valence-electron chi connectivity index (χ1n) is 10.5. The Morgan fingerprint density at radius 2 is 1.53 bits per heavy atom. The maximum atomic E-state index is 12.9. The first kappa shape index (κ1) is 25.1. The molecule has 2 rings (SSSR count). The van der Waals surface area contributed by atoms with Gasteiger partial charge in [-0.3, -0.25) is 0 Å². The van der Waals surface area contributed by atoms with E-state index in [0.717, 1.165) is 31.5 Å². The SMILES string of the molecule is CC(C)S(=O)(=O)NCCCCCNc1ccc(S(=O)(=O)N2C[C@@H](C)O[C@@H](C)C2)cc1. The molecular weight excluding hydrogens is 426 g/mol. The van der Waals surface area contributed by atoms with Crippen LogP contribution in [0.15, 0.2) is 29.2 Å². The fraction of sp³-hybridized carbons (Fsp3) is 0.700. The summed E-state index contributed by atoms with van der Waals surface area (Å²) in [5.74, 6) is 0. The monoisotopic (exact) mass is 461 g/mol. The predicted octanol–water partition coefficient (Wildman–Crippen LogP) is 2.39. The fourth-order valence-electron chi connectivity index (χ4n) is 3.26. The quantitative estimate of drug-likeness (QED) is 0.490. The van der Waals surface area contributed by atoms with Crippen molar-refractivity contribution >= 4 is 25.7 Å². The van der Waals surface area contributed by atoms with Gasteiger partial charge in [-0.25, -0.2) is 21.6 Å². The molecule has 1 aromatic rings. The van der Waals surface area contributed by atoms with Gasteiger partial charge in [0.25, 0.3) is 0 Å². The van der Waals surface area contributed by atoms with Gasteiger partial charge in [0, 0.05) is 31.9 Å². The van der Waals surface area contributed by atoms with E-state index in [9.17, 15) is 16.8 Å². The molecule has 2 N–H and O–H groups in total. The van der Waals surface area contributed by atoms with Crippen molar-refractivity contribution in [3.63, 3.8) is 0 Å². The minimum Gasteiger partial charge on any atom is -0.385 e. The number of nitrogens with zero attached hydrogens (tertiary/aromatic N) is 1. The zero-order chi connectivity index (χ0) is 22.4. The molecule has 0 radical (unpaired) electrons. The van der Waals surface area contributed by atoms with Crippen LogP contribution in [0, 0.1) is 0 Å². The zero-order valence-corrected chi connectivity index (χ0v) is 19.9. The van der Waals surface area contributed by atoms with Crippen LogP contribution >= 0.6 is 0 Å². The Bertz CT molecular complexity index is 860. The summed E-state index contributed by atoms with van der Waals surface area (Å²) in [7, 11) is -6.72. The number of benzene rings is 1. The van der Waals surface area contributed by atoms with Crippen LogP contribution in [0.4, 0.5) is 5.69 Å². The number of ether oxygens (including phenoxy) is 1. The second kappa shape index (κ2) is 10.9. The molecule has 2 atom stereocenters. The van der Waals surface area contributed by atoms with Crippen LogP contribution in [0.5, 0.6) is 0 Å². The minimum absolute atomic E-state index is 0.120. The van der Waals surface area contributed by atoms with Crippen LogP contribution in [0.2, 0.25) is 0 Å². The van der Waals surface area contributed by atoms with Crippen molar-refractivity contribution in [3.05, 3.63) is 24.3 Å². The molecule has 1 aromatic carbocycles. The van der Waals surface area contributed by atoms with Gasteiger partial charge in [0.15, 0.2) is 0 Å². The van der Waals surface area contributed by atoms with Crippen LogP contribution in [-0.2, 0) is 24.8 Å². The van der Waals surface area contributed by atoms with Crippen molar-refractivity contribution in [2.45, 2.75) is 69.3 Å². The third kappa shape index (κ3) is 7.19. The van der Waals surface area contributed by atoms with Crippen LogP contribution in [0.3, 0.4) is 0 Å². The van der Waals surface area contributed by atoms with Crippen molar-refractivity contribution in [2.75, 3.05) is 31.5 Å². The summed E-state index contributed by atoms with van der Waals surface area (Å²) in [4.78, 5) is 0.284. The summed E-state index contributed by atoms with van der Waals surface area (Å²) in [5, 5.41) is 2.86. The maximum Gasteiger partial charge on any atom is 0.243 e. The Hall–Kier alpha value is -1.20. The number of rotatable bonds is 11. The van der Waals surface area contributed by atoms with Gasteiger partial charge in [0.2, 0.25) is 20.0 Å². The van der Waals surface area contributed by atoms with E-state index in [1.54, 1.807) is 38.1 Å². The summed E-state index contributed by atoms with van der Waals surface area (Å²) >= 11 is 0. The van der Waals surface area contributed by atoms with E-state index in [-0.39, 0.29) is 17.1 Å². The second-order valence-corrected chi connectivity index (χ2v) is 12.3. The third-order valence-corrected chi connectivity index (χ3v) is 8.68. The van der Waals surface area contributed by atoms with E-state index in [1.165, 1.54) is 4.31 Å². The first-order chi connectivity index (χ1) is 14.0. The van der Waals surface area contributed by atoms with E-state index in [1.807, 2.05) is 13.8 Å². The normalized spacial score (nSPS) is 21.1. The van der Waals surface area contributed by atoms with Crippen molar-refractivity contribution in [3.8, 4) is 0 Å². The summed E-state index contributed by atoms with van der Waals surface area (Å²) in [6.45, 7) is 8.98. The van der Waals surface area contributed by atoms with Crippen molar-refractivity contribution in [2.24, 2.45) is 0 Å². The van der Waals surface area contributed by atoms with E-state index in [0.29, 0.717) is 19.6 Å². The van der Waals surface area contributed by atoms with Gasteiger partial charge in [-0.1, -0.05) is 6.42 Å². The number of unbranched alkanes of at least 4 members (excludes halogenated alkanes) is 2. The van der Waals surface area contributed by atoms with Crippen LogP contribution in [0.25, 0.3) is 0 Å². The highest BCUT2D eigenvalue weighted by Crippen LogP contribution is 2.22. The van der Waals surface area contributed by atoms with Gasteiger partial charge in [0.1, 0.15) is 0 Å². The summed E-state index contributed by atoms with van der Waals surface area (Å²) < 4.78 is 58.8. The Morgan fingerprint density at radius 3 is 2.10 bits per heavy atom. The molecule has 1 aliphatic rings. The molecule has 1 fully saturated rings. The molecule has 0 amide bonds. The van der Waals surface area contributed by atoms with Gasteiger partial charge in [-0.05, 0) is 64.8 Å². The average molecular weight is 462 g/mol. The third-order valence-electron chi connectivity index (χ3n) is 4.98. The molecule has 30 heavy (non-hydrogen) atoms. The molecule has 0 saturated carbocycles. The van der Waals surface area contributed by atoms with Crippen LogP contribution < -0.4 is 10.0 Å². The van der Waals surface area contributed by atoms with Gasteiger partial charge < -0.3 is 10.1 Å². The number of nitrogens with one attached hydrogen (secondary N) is 2. The van der Waals surface area contributed by atoms with Crippen molar-refractivity contribution < 1.29 is 21.6 Å². The van der Waals surface area contributed by atoms with Gasteiger partial charge in [-0.15, -0.1) is 0 Å². The lowest BCUT2D eigenvalue weighted by atomic mass is 10.2. The highest BCUT2D eigenvalue weighted by atomic mass is 32.2. The lowest BCUT2D eigenvalue weighted by molar-refractivity contribution is -0.0440. The molecule has 0 bridgehead atoms. The lowest BCUT2D eigenvalue weighted by Gasteiger charge is -2.34. The Morgan fingerprint density at radius 1 is 0.967 bits per heavy atom. The number of hydrogen-bond donors (Lipinski definition) is 2. The smallest absolute Gasteiger partial charge is 0.243 e. The summed E-state index contributed by atoms with van der Waals surface area (Å²) in [5.41, 5.74) is 0.859. The van der Waals surface area contributed by atoms with Crippen LogP contribution in [-0.4, -0.2) is 64.8 Å². The standard InChI is InChI=1S/C20H35N3O5S2/c1-16(2)29(24,25)22-13-7-5-6-12-21-19-8-10-20(11-9-19)30(26,27)23-14-17(3)28-18(4)15-23/h8-11,16-18,21-22H,5-7,12-15H2,1-4H3/t17-,18+. The molecular formula is C20H35N3O5S2. The van der Waals surface area contributed by atoms with E-state index in [2.05, 4.69) is 10.0 Å². The molecule has 1 aliphatic heterocycles. The summed E-state index contributed by atoms with van der Waals surface area (Å²) in [6, 6.07) is 6.81. The maximum absolute atomic E-state index is 12.9. The fourth-order valence-corrected chi connectivity index (χ4v) is 5.61. The molecule has 0 unspecified atom stereocenters. The Kier molecular flexibility index (Phi) is 9.11. The molecule has 1 saturated heterocycles. The lowest BCUT2D eigenvalue weighted by Crippen LogP contribution is -2.48. The highest BCUT2D eigenvalue weighted by molar-refractivity contribution is 7.90. The number of anilines is 1. The summed E-state index contributed by atoms with van der Waals surface area (Å²) in [6.07, 6.45) is 2.33. The Balaban J connectivity index is 1.76. The highest BCUT2D eigenvalue weighted by Gasteiger charge is 2.32. The van der Waals surface area contributed by atoms with Crippen LogP contribution in [0.1, 0.15) is 47.0 Å². The number of sulfonamides is 2. The number of morpholine rings is 1. The van der Waals surface area contributed by atoms with Gasteiger partial charge >= 0.3 is 0 Å². The predicted molar refractivity (Wildman–Crippen MR) is 120 cm³/mol. The largest absolute Gasteiger partial charge is 0.385 e. The molecule has 172 valence electrons. The number of hydrogen-bond acceptors (Lipinski definition) is 6. The molecule has 10 heteroatoms. The van der Waals surface area contributed by atoms with E-state index in [4.69, 9.17) is 4.74 Å². The van der Waals surface area contributed by atoms with Crippen molar-refractivity contribution in [1.29, 1.82) is 0 Å². The molecule has 0 spiro atoms. The topological polar surface area (TPSA) is 105 Å². The zero-order valence-electron chi connectivity index (χ0n) is 18.3. The molecule has 0 aliphatic carbocycles. The molecule has 0 aromatic heterocycles. The first-order valence-corrected chi connectivity index (χ1v) is 13.5. The van der Waals surface area contributed by atoms with Gasteiger partial charge in [0.05, 0.1) is 22.4 Å². The molecule has 1 heterocycles. The van der Waals surface area contributed by atoms with E-state index >= 15 is 0 Å². The Labute approximate surface area is 181 Å². The van der Waals surface area contributed by atoms with Crippen molar-refractivity contribution in [1.82, 2.24) is 9.03 Å². The van der Waals surface area contributed by atoms with E-state index < -0.39 is 25.3 Å². The molecule has 8 nitrogen and oxygen atoms in total. The second-order valence-electron chi connectivity index (χ2n) is 8.08. The average Bonchev–Trinajstić information content (AvgIpc) is 2.66. The van der Waals surface area contributed by atoms with Gasteiger partial charge in [-0.2, -0.15) is 4.31 Å². The minimum atomic E-state index is -3.53.